The van der Waals surface area contributed by atoms with Gasteiger partial charge in [0.05, 0.1) is 5.56 Å². The molecule has 0 radical (unpaired) electrons. The largest absolute Gasteiger partial charge is 0.396 e. The van der Waals surface area contributed by atoms with E-state index in [9.17, 15) is 5.11 Å². The maximum atomic E-state index is 9.52. The third-order valence-corrected chi connectivity index (χ3v) is 6.84. The summed E-state index contributed by atoms with van der Waals surface area (Å²) in [6, 6.07) is 4.41. The molecule has 32 heavy (non-hydrogen) atoms. The first-order chi connectivity index (χ1) is 15.4. The minimum Gasteiger partial charge on any atom is -0.396 e. The van der Waals surface area contributed by atoms with Gasteiger partial charge in [-0.2, -0.15) is 0 Å². The summed E-state index contributed by atoms with van der Waals surface area (Å²) in [5.41, 5.74) is 6.23. The highest BCUT2D eigenvalue weighted by atomic mass is 79.9. The zero-order valence-corrected chi connectivity index (χ0v) is 22.0. The van der Waals surface area contributed by atoms with E-state index in [-0.39, 0.29) is 6.61 Å². The molecule has 5 nitrogen and oxygen atoms in total. The number of allylic oxidation sites excluding steroid dienone is 1. The van der Waals surface area contributed by atoms with Crippen LogP contribution in [0.25, 0.3) is 5.57 Å². The van der Waals surface area contributed by atoms with Crippen LogP contribution in [0.2, 0.25) is 0 Å². The number of fused-ring (bicyclic) bond motifs is 1. The summed E-state index contributed by atoms with van der Waals surface area (Å²) in [5, 5.41) is 9.52. The van der Waals surface area contributed by atoms with Gasteiger partial charge in [0.25, 0.3) is 0 Å². The van der Waals surface area contributed by atoms with Gasteiger partial charge < -0.3 is 14.9 Å². The lowest BCUT2D eigenvalue weighted by atomic mass is 9.96. The molecule has 2 aliphatic rings. The Morgan fingerprint density at radius 2 is 1.72 bits per heavy atom. The lowest BCUT2D eigenvalue weighted by Gasteiger charge is -2.37. The normalized spacial score (nSPS) is 16.3. The second kappa shape index (κ2) is 10.8. The van der Waals surface area contributed by atoms with Crippen molar-refractivity contribution in [2.24, 2.45) is 5.92 Å². The fourth-order valence-corrected chi connectivity index (χ4v) is 5.34. The first-order valence-electron chi connectivity index (χ1n) is 11.9. The number of hydrogen-bond donors (Lipinski definition) is 1. The minimum atomic E-state index is 0.282. The molecule has 0 atom stereocenters. The Balaban J connectivity index is 0.00000141. The summed E-state index contributed by atoms with van der Waals surface area (Å²) >= 11 is 3.66. The van der Waals surface area contributed by atoms with Gasteiger partial charge in [-0.05, 0) is 74.8 Å². The highest BCUT2D eigenvalue weighted by Gasteiger charge is 2.30. The number of aliphatic hydroxyl groups is 1. The zero-order valence-electron chi connectivity index (χ0n) is 20.4. The summed E-state index contributed by atoms with van der Waals surface area (Å²) in [7, 11) is 0. The van der Waals surface area contributed by atoms with Crippen molar-refractivity contribution >= 4 is 38.8 Å². The van der Waals surface area contributed by atoms with Crippen LogP contribution < -0.4 is 9.80 Å². The van der Waals surface area contributed by atoms with E-state index in [0.29, 0.717) is 5.92 Å². The number of hydrogen-bond acceptors (Lipinski definition) is 5. The Morgan fingerprint density at radius 3 is 2.34 bits per heavy atom. The number of aliphatic hydroxyl groups excluding tert-OH is 1. The molecule has 3 heterocycles. The molecule has 0 bridgehead atoms. The molecule has 0 amide bonds. The van der Waals surface area contributed by atoms with Gasteiger partial charge in [-0.25, -0.2) is 9.97 Å². The second-order valence-electron chi connectivity index (χ2n) is 8.49. The van der Waals surface area contributed by atoms with Crippen molar-refractivity contribution < 1.29 is 5.11 Å². The van der Waals surface area contributed by atoms with E-state index in [1.165, 1.54) is 22.4 Å². The molecular formula is C26H37BrN4O. The van der Waals surface area contributed by atoms with Crippen LogP contribution in [0.5, 0.6) is 0 Å². The molecule has 1 fully saturated rings. The van der Waals surface area contributed by atoms with Crippen molar-refractivity contribution in [2.75, 3.05) is 36.0 Å². The molecule has 6 heteroatoms. The van der Waals surface area contributed by atoms with Crippen LogP contribution in [0.1, 0.15) is 63.1 Å². The van der Waals surface area contributed by atoms with Gasteiger partial charge in [-0.1, -0.05) is 42.8 Å². The fourth-order valence-electron chi connectivity index (χ4n) is 4.72. The molecule has 4 rings (SSSR count). The van der Waals surface area contributed by atoms with Crippen molar-refractivity contribution in [2.45, 2.75) is 60.8 Å². The lowest BCUT2D eigenvalue weighted by molar-refractivity contribution is 0.202. The van der Waals surface area contributed by atoms with E-state index >= 15 is 0 Å². The van der Waals surface area contributed by atoms with Crippen molar-refractivity contribution in [3.8, 4) is 0 Å². The topological polar surface area (TPSA) is 52.5 Å². The molecule has 0 unspecified atom stereocenters. The number of benzene rings is 1. The van der Waals surface area contributed by atoms with Crippen LogP contribution in [0.15, 0.2) is 22.7 Å². The Bertz CT molecular complexity index is 980. The van der Waals surface area contributed by atoms with Crippen LogP contribution >= 0.6 is 15.9 Å². The lowest BCUT2D eigenvalue weighted by Crippen LogP contribution is -2.37. The maximum Gasteiger partial charge on any atom is 0.146 e. The van der Waals surface area contributed by atoms with E-state index in [2.05, 4.69) is 64.7 Å². The predicted octanol–water partition coefficient (Wildman–Crippen LogP) is 6.21. The van der Waals surface area contributed by atoms with Crippen LogP contribution in [0, 0.1) is 19.8 Å². The Morgan fingerprint density at radius 1 is 1.06 bits per heavy atom. The third kappa shape index (κ3) is 4.86. The standard InChI is InChI=1S/C24H31BrN4O.C2H6/c1-5-19-13-20(25)12-16(3)22(19)29-11-6-15(2)21-23(26-17(4)27-24(21)29)28-9-7-18(14-30)8-10-28;1-2/h6,12-13,18,30H,5,7-11,14H2,1-4H3;1-2H3. The predicted molar refractivity (Wildman–Crippen MR) is 139 cm³/mol. The average molecular weight is 502 g/mol. The summed E-state index contributed by atoms with van der Waals surface area (Å²) in [4.78, 5) is 14.6. The first-order valence-corrected chi connectivity index (χ1v) is 12.7. The smallest absolute Gasteiger partial charge is 0.146 e. The average Bonchev–Trinajstić information content (AvgIpc) is 2.80. The summed E-state index contributed by atoms with van der Waals surface area (Å²) in [6.07, 6.45) is 5.28. The molecule has 0 spiro atoms. The molecule has 2 aliphatic heterocycles. The van der Waals surface area contributed by atoms with Crippen molar-refractivity contribution in [3.63, 3.8) is 0 Å². The highest BCUT2D eigenvalue weighted by molar-refractivity contribution is 9.10. The number of aromatic nitrogens is 2. The van der Waals surface area contributed by atoms with Crippen LogP contribution in [0.4, 0.5) is 17.3 Å². The molecule has 1 aromatic heterocycles. The quantitative estimate of drug-likeness (QED) is 0.540. The Labute approximate surface area is 201 Å². The van der Waals surface area contributed by atoms with Gasteiger partial charge in [0.15, 0.2) is 0 Å². The molecule has 1 saturated heterocycles. The number of piperidine rings is 1. The molecule has 2 aromatic rings. The molecule has 1 aromatic carbocycles. The zero-order chi connectivity index (χ0) is 23.4. The van der Waals surface area contributed by atoms with E-state index < -0.39 is 0 Å². The van der Waals surface area contributed by atoms with E-state index in [1.807, 2.05) is 20.8 Å². The molecule has 1 N–H and O–H groups in total. The summed E-state index contributed by atoms with van der Waals surface area (Å²) in [5.74, 6) is 3.27. The number of aryl methyl sites for hydroxylation is 3. The fraction of sp³-hybridized carbons (Fsp3) is 0.538. The van der Waals surface area contributed by atoms with E-state index in [1.54, 1.807) is 0 Å². The van der Waals surface area contributed by atoms with Gasteiger partial charge in [0.1, 0.15) is 17.5 Å². The number of nitrogens with zero attached hydrogens (tertiary/aromatic N) is 4. The van der Waals surface area contributed by atoms with Crippen molar-refractivity contribution in [1.29, 1.82) is 0 Å². The van der Waals surface area contributed by atoms with Gasteiger partial charge in [-0.3, -0.25) is 0 Å². The summed E-state index contributed by atoms with van der Waals surface area (Å²) < 4.78 is 1.12. The van der Waals surface area contributed by atoms with Gasteiger partial charge >= 0.3 is 0 Å². The third-order valence-electron chi connectivity index (χ3n) is 6.38. The monoisotopic (exact) mass is 500 g/mol. The van der Waals surface area contributed by atoms with Crippen LogP contribution in [-0.2, 0) is 6.42 Å². The van der Waals surface area contributed by atoms with Gasteiger partial charge in [0.2, 0.25) is 0 Å². The SMILES string of the molecule is CC.CCc1cc(Br)cc(C)c1N1CC=C(C)c2c(N3CCC(CO)CC3)nc(C)nc21. The van der Waals surface area contributed by atoms with Crippen molar-refractivity contribution in [3.05, 3.63) is 45.2 Å². The van der Waals surface area contributed by atoms with Crippen molar-refractivity contribution in [1.82, 2.24) is 9.97 Å². The highest BCUT2D eigenvalue weighted by Crippen LogP contribution is 2.43. The van der Waals surface area contributed by atoms with Crippen LogP contribution in [0.3, 0.4) is 0 Å². The second-order valence-corrected chi connectivity index (χ2v) is 9.40. The summed E-state index contributed by atoms with van der Waals surface area (Å²) in [6.45, 7) is 15.5. The number of anilines is 3. The van der Waals surface area contributed by atoms with E-state index in [0.717, 1.165) is 66.4 Å². The minimum absolute atomic E-state index is 0.282. The number of halogens is 1. The molecule has 0 aliphatic carbocycles. The van der Waals surface area contributed by atoms with Crippen LogP contribution in [-0.4, -0.2) is 41.3 Å². The molecular weight excluding hydrogens is 464 g/mol. The van der Waals surface area contributed by atoms with E-state index in [4.69, 9.17) is 9.97 Å². The van der Waals surface area contributed by atoms with Gasteiger partial charge in [0, 0.05) is 36.4 Å². The first kappa shape index (κ1) is 24.7. The molecule has 174 valence electrons. The number of rotatable bonds is 4. The maximum absolute atomic E-state index is 9.52. The Kier molecular flexibility index (Phi) is 8.34. The molecule has 0 saturated carbocycles. The van der Waals surface area contributed by atoms with Gasteiger partial charge in [-0.15, -0.1) is 0 Å². The Hall–Kier alpha value is -1.92.